The van der Waals surface area contributed by atoms with Gasteiger partial charge in [-0.2, -0.15) is 0 Å². The average Bonchev–Trinajstić information content (AvgIpc) is 2.54. The van der Waals surface area contributed by atoms with E-state index in [2.05, 4.69) is 5.32 Å². The molecule has 1 amide bonds. The lowest BCUT2D eigenvalue weighted by atomic mass is 9.99. The normalized spacial score (nSPS) is 32.0. The van der Waals surface area contributed by atoms with Gasteiger partial charge in [0.1, 0.15) is 0 Å². The Hall–Kier alpha value is -1.06. The Morgan fingerprint density at radius 1 is 1.64 bits per heavy atom. The van der Waals surface area contributed by atoms with Crippen molar-refractivity contribution >= 4 is 11.9 Å². The lowest BCUT2D eigenvalue weighted by Crippen LogP contribution is -2.34. The van der Waals surface area contributed by atoms with E-state index in [9.17, 15) is 9.59 Å². The molecule has 1 atom stereocenters. The van der Waals surface area contributed by atoms with Crippen LogP contribution in [0.5, 0.6) is 0 Å². The molecule has 0 aromatic heterocycles. The van der Waals surface area contributed by atoms with E-state index < -0.39 is 11.9 Å². The van der Waals surface area contributed by atoms with Crippen molar-refractivity contribution in [1.29, 1.82) is 0 Å². The standard InChI is InChI=1S/C7H9NO3/c9-5-3-4(6(10)11)7(8-5)1-2-7/h4H,1-3H2,(H,8,9)(H,10,11). The van der Waals surface area contributed by atoms with Gasteiger partial charge in [0.25, 0.3) is 0 Å². The summed E-state index contributed by atoms with van der Waals surface area (Å²) >= 11 is 0. The largest absolute Gasteiger partial charge is 0.481 e. The number of carboxylic acid groups (broad SMARTS) is 1. The van der Waals surface area contributed by atoms with Crippen LogP contribution in [0, 0.1) is 5.92 Å². The van der Waals surface area contributed by atoms with E-state index in [-0.39, 0.29) is 17.9 Å². The second-order valence-electron chi connectivity index (χ2n) is 3.30. The van der Waals surface area contributed by atoms with Crippen LogP contribution in [0.25, 0.3) is 0 Å². The zero-order chi connectivity index (χ0) is 8.06. The molecule has 1 aliphatic carbocycles. The zero-order valence-electron chi connectivity index (χ0n) is 5.96. The fourth-order valence-electron chi connectivity index (χ4n) is 1.73. The second-order valence-corrected chi connectivity index (χ2v) is 3.30. The van der Waals surface area contributed by atoms with Gasteiger partial charge >= 0.3 is 5.97 Å². The Kier molecular flexibility index (Phi) is 1.06. The summed E-state index contributed by atoms with van der Waals surface area (Å²) in [5.41, 5.74) is -0.344. The first-order valence-electron chi connectivity index (χ1n) is 3.68. The Morgan fingerprint density at radius 2 is 2.27 bits per heavy atom. The monoisotopic (exact) mass is 155 g/mol. The van der Waals surface area contributed by atoms with Gasteiger partial charge in [0, 0.05) is 6.42 Å². The molecule has 1 spiro atoms. The Morgan fingerprint density at radius 3 is 2.64 bits per heavy atom. The molecule has 1 heterocycles. The average molecular weight is 155 g/mol. The van der Waals surface area contributed by atoms with E-state index in [1.807, 2.05) is 0 Å². The highest BCUT2D eigenvalue weighted by atomic mass is 16.4. The van der Waals surface area contributed by atoms with Gasteiger partial charge in [-0.3, -0.25) is 9.59 Å². The first kappa shape index (κ1) is 6.64. The number of hydrogen-bond donors (Lipinski definition) is 2. The van der Waals surface area contributed by atoms with Crippen molar-refractivity contribution < 1.29 is 14.7 Å². The highest BCUT2D eigenvalue weighted by Gasteiger charge is 2.58. The van der Waals surface area contributed by atoms with Crippen molar-refractivity contribution in [2.24, 2.45) is 5.92 Å². The van der Waals surface area contributed by atoms with Crippen LogP contribution in [0.15, 0.2) is 0 Å². The van der Waals surface area contributed by atoms with Crippen molar-refractivity contribution in [2.45, 2.75) is 24.8 Å². The van der Waals surface area contributed by atoms with Crippen LogP contribution in [0.1, 0.15) is 19.3 Å². The minimum Gasteiger partial charge on any atom is -0.481 e. The van der Waals surface area contributed by atoms with Crippen LogP contribution in [0.4, 0.5) is 0 Å². The third-order valence-electron chi connectivity index (χ3n) is 2.53. The fraction of sp³-hybridized carbons (Fsp3) is 0.714. The van der Waals surface area contributed by atoms with E-state index in [1.165, 1.54) is 0 Å². The smallest absolute Gasteiger partial charge is 0.309 e. The van der Waals surface area contributed by atoms with Crippen molar-refractivity contribution in [2.75, 3.05) is 0 Å². The first-order valence-corrected chi connectivity index (χ1v) is 3.68. The molecule has 2 N–H and O–H groups in total. The summed E-state index contributed by atoms with van der Waals surface area (Å²) in [5.74, 6) is -1.44. The van der Waals surface area contributed by atoms with E-state index in [0.717, 1.165) is 12.8 Å². The van der Waals surface area contributed by atoms with Crippen LogP contribution in [-0.4, -0.2) is 22.5 Å². The molecule has 0 radical (unpaired) electrons. The van der Waals surface area contributed by atoms with E-state index >= 15 is 0 Å². The van der Waals surface area contributed by atoms with Crippen LogP contribution >= 0.6 is 0 Å². The SMILES string of the molecule is O=C1CC(C(=O)O)C2(CC2)N1. The summed E-state index contributed by atoms with van der Waals surface area (Å²) in [6.07, 6.45) is 1.82. The van der Waals surface area contributed by atoms with E-state index in [4.69, 9.17) is 5.11 Å². The quantitative estimate of drug-likeness (QED) is 0.548. The Bertz CT molecular complexity index is 232. The number of hydrogen-bond acceptors (Lipinski definition) is 2. The van der Waals surface area contributed by atoms with Gasteiger partial charge in [0.2, 0.25) is 5.91 Å². The molecule has 4 heteroatoms. The lowest BCUT2D eigenvalue weighted by molar-refractivity contribution is -0.142. The number of nitrogens with one attached hydrogen (secondary N) is 1. The molecule has 4 nitrogen and oxygen atoms in total. The summed E-state index contributed by atoms with van der Waals surface area (Å²) in [6.45, 7) is 0. The van der Waals surface area contributed by atoms with Gasteiger partial charge in [0.05, 0.1) is 11.5 Å². The van der Waals surface area contributed by atoms with E-state index in [1.54, 1.807) is 0 Å². The summed E-state index contributed by atoms with van der Waals surface area (Å²) in [4.78, 5) is 21.4. The topological polar surface area (TPSA) is 66.4 Å². The van der Waals surface area contributed by atoms with Crippen molar-refractivity contribution in [3.8, 4) is 0 Å². The predicted octanol–water partition coefficient (Wildman–Crippen LogP) is -0.260. The fourth-order valence-corrected chi connectivity index (χ4v) is 1.73. The molecular weight excluding hydrogens is 146 g/mol. The Labute approximate surface area is 63.6 Å². The molecule has 60 valence electrons. The maximum Gasteiger partial charge on any atom is 0.309 e. The molecule has 2 aliphatic rings. The number of amides is 1. The summed E-state index contributed by atoms with van der Waals surface area (Å²) in [7, 11) is 0. The number of carboxylic acids is 1. The second kappa shape index (κ2) is 1.75. The predicted molar refractivity (Wildman–Crippen MR) is 35.9 cm³/mol. The molecule has 2 fully saturated rings. The molecule has 0 bridgehead atoms. The summed E-state index contributed by atoms with van der Waals surface area (Å²) in [6, 6.07) is 0. The van der Waals surface area contributed by atoms with Crippen LogP contribution in [0.3, 0.4) is 0 Å². The number of rotatable bonds is 1. The molecule has 0 aromatic carbocycles. The molecule has 1 saturated carbocycles. The van der Waals surface area contributed by atoms with Gasteiger partial charge < -0.3 is 10.4 Å². The van der Waals surface area contributed by atoms with Crippen LogP contribution in [-0.2, 0) is 9.59 Å². The van der Waals surface area contributed by atoms with Gasteiger partial charge in [-0.15, -0.1) is 0 Å². The molecule has 1 saturated heterocycles. The van der Waals surface area contributed by atoms with Gasteiger partial charge in [0.15, 0.2) is 0 Å². The minimum absolute atomic E-state index is 0.116. The Balaban J connectivity index is 2.21. The van der Waals surface area contributed by atoms with E-state index in [0.29, 0.717) is 0 Å². The van der Waals surface area contributed by atoms with Crippen molar-refractivity contribution in [3.63, 3.8) is 0 Å². The number of aliphatic carboxylic acids is 1. The maximum absolute atomic E-state index is 10.8. The van der Waals surface area contributed by atoms with Crippen molar-refractivity contribution in [1.82, 2.24) is 5.32 Å². The first-order chi connectivity index (χ1) is 5.14. The summed E-state index contributed by atoms with van der Waals surface area (Å²) in [5, 5.41) is 11.4. The lowest BCUT2D eigenvalue weighted by Gasteiger charge is -2.11. The number of carbonyl (C=O) groups is 2. The third-order valence-corrected chi connectivity index (χ3v) is 2.53. The zero-order valence-corrected chi connectivity index (χ0v) is 5.96. The summed E-state index contributed by atoms with van der Waals surface area (Å²) < 4.78 is 0. The van der Waals surface area contributed by atoms with Crippen molar-refractivity contribution in [3.05, 3.63) is 0 Å². The molecule has 2 rings (SSSR count). The van der Waals surface area contributed by atoms with Crippen LogP contribution in [0.2, 0.25) is 0 Å². The van der Waals surface area contributed by atoms with Gasteiger partial charge in [-0.1, -0.05) is 0 Å². The maximum atomic E-state index is 10.8. The third kappa shape index (κ3) is 0.818. The molecule has 1 unspecified atom stereocenters. The number of carbonyl (C=O) groups excluding carboxylic acids is 1. The van der Waals surface area contributed by atoms with Gasteiger partial charge in [-0.25, -0.2) is 0 Å². The molecule has 1 aliphatic heterocycles. The molecule has 11 heavy (non-hydrogen) atoms. The highest BCUT2D eigenvalue weighted by Crippen LogP contribution is 2.47. The minimum atomic E-state index is -0.846. The molecule has 0 aromatic rings. The van der Waals surface area contributed by atoms with Gasteiger partial charge in [-0.05, 0) is 12.8 Å². The van der Waals surface area contributed by atoms with Crippen LogP contribution < -0.4 is 5.32 Å². The molecular formula is C7H9NO3. The highest BCUT2D eigenvalue weighted by molar-refractivity contribution is 5.89.